The van der Waals surface area contributed by atoms with E-state index in [0.717, 1.165) is 22.8 Å². The van der Waals surface area contributed by atoms with Crippen molar-refractivity contribution in [3.63, 3.8) is 0 Å². The first-order valence-electron chi connectivity index (χ1n) is 5.31. The summed E-state index contributed by atoms with van der Waals surface area (Å²) in [6, 6.07) is 3.94. The van der Waals surface area contributed by atoms with E-state index in [0.29, 0.717) is 0 Å². The van der Waals surface area contributed by atoms with Gasteiger partial charge in [-0.05, 0) is 14.0 Å². The van der Waals surface area contributed by atoms with E-state index >= 15 is 0 Å². The summed E-state index contributed by atoms with van der Waals surface area (Å²) in [5, 5.41) is 3.24. The van der Waals surface area contributed by atoms with Crippen LogP contribution in [-0.2, 0) is 0 Å². The molecule has 0 aromatic heterocycles. The number of nitrogens with one attached hydrogen (secondary N) is 1. The molecule has 1 heterocycles. The first-order chi connectivity index (χ1) is 7.71. The van der Waals surface area contributed by atoms with E-state index in [1.54, 1.807) is 14.2 Å². The number of methoxy groups -OCH3 is 2. The van der Waals surface area contributed by atoms with Gasteiger partial charge in [-0.1, -0.05) is 0 Å². The highest BCUT2D eigenvalue weighted by molar-refractivity contribution is 5.54. The Morgan fingerprint density at radius 2 is 2.00 bits per heavy atom. The average molecular weight is 223 g/mol. The molecule has 88 valence electrons. The summed E-state index contributed by atoms with van der Waals surface area (Å²) in [6.45, 7) is 2.03. The lowest BCUT2D eigenvalue weighted by atomic mass is 10.0. The standard InChI is InChI=1S/C12H17NO3/c1-7-12(13-2)11-9(15-4)5-8(14-3)6-10(11)16-7/h5-7,12-13H,1-4H3. The van der Waals surface area contributed by atoms with Gasteiger partial charge in [0.25, 0.3) is 0 Å². The van der Waals surface area contributed by atoms with Crippen molar-refractivity contribution < 1.29 is 14.2 Å². The third-order valence-electron chi connectivity index (χ3n) is 2.94. The monoisotopic (exact) mass is 223 g/mol. The molecule has 2 unspecified atom stereocenters. The second-order valence-electron chi connectivity index (χ2n) is 3.83. The van der Waals surface area contributed by atoms with Crippen LogP contribution in [0.15, 0.2) is 12.1 Å². The average Bonchev–Trinajstić information content (AvgIpc) is 2.62. The van der Waals surface area contributed by atoms with Crippen molar-refractivity contribution in [3.8, 4) is 17.2 Å². The van der Waals surface area contributed by atoms with Gasteiger partial charge in [-0.3, -0.25) is 0 Å². The van der Waals surface area contributed by atoms with Crippen LogP contribution in [0.25, 0.3) is 0 Å². The predicted molar refractivity (Wildman–Crippen MR) is 61.4 cm³/mol. The van der Waals surface area contributed by atoms with Crippen LogP contribution in [0.1, 0.15) is 18.5 Å². The lowest BCUT2D eigenvalue weighted by Crippen LogP contribution is -2.25. The smallest absolute Gasteiger partial charge is 0.132 e. The third-order valence-corrected chi connectivity index (χ3v) is 2.94. The van der Waals surface area contributed by atoms with Gasteiger partial charge in [-0.25, -0.2) is 0 Å². The Labute approximate surface area is 95.5 Å². The van der Waals surface area contributed by atoms with E-state index in [-0.39, 0.29) is 12.1 Å². The third kappa shape index (κ3) is 1.59. The highest BCUT2D eigenvalue weighted by Crippen LogP contribution is 2.44. The molecule has 1 aromatic carbocycles. The van der Waals surface area contributed by atoms with E-state index < -0.39 is 0 Å². The van der Waals surface area contributed by atoms with Gasteiger partial charge in [0.05, 0.1) is 25.8 Å². The summed E-state index contributed by atoms with van der Waals surface area (Å²) in [4.78, 5) is 0. The summed E-state index contributed by atoms with van der Waals surface area (Å²) in [7, 11) is 5.21. The fourth-order valence-corrected chi connectivity index (χ4v) is 2.15. The Balaban J connectivity index is 2.51. The Hall–Kier alpha value is -1.42. The fourth-order valence-electron chi connectivity index (χ4n) is 2.15. The van der Waals surface area contributed by atoms with Crippen LogP contribution in [0.5, 0.6) is 17.2 Å². The van der Waals surface area contributed by atoms with Gasteiger partial charge in [-0.15, -0.1) is 0 Å². The molecule has 16 heavy (non-hydrogen) atoms. The largest absolute Gasteiger partial charge is 0.496 e. The molecule has 1 aliphatic heterocycles. The zero-order chi connectivity index (χ0) is 11.7. The molecule has 1 aromatic rings. The van der Waals surface area contributed by atoms with Gasteiger partial charge < -0.3 is 19.5 Å². The van der Waals surface area contributed by atoms with Crippen LogP contribution in [-0.4, -0.2) is 27.4 Å². The van der Waals surface area contributed by atoms with Gasteiger partial charge in [0.2, 0.25) is 0 Å². The van der Waals surface area contributed by atoms with Gasteiger partial charge in [0, 0.05) is 12.1 Å². The van der Waals surface area contributed by atoms with E-state index in [4.69, 9.17) is 14.2 Å². The van der Waals surface area contributed by atoms with Gasteiger partial charge in [0.1, 0.15) is 23.4 Å². The molecule has 0 radical (unpaired) electrons. The molecule has 0 amide bonds. The Kier molecular flexibility index (Phi) is 2.92. The molecule has 4 nitrogen and oxygen atoms in total. The zero-order valence-electron chi connectivity index (χ0n) is 10.0. The molecule has 2 rings (SSSR count). The Morgan fingerprint density at radius 3 is 2.56 bits per heavy atom. The van der Waals surface area contributed by atoms with Crippen LogP contribution in [0.2, 0.25) is 0 Å². The Morgan fingerprint density at radius 1 is 1.25 bits per heavy atom. The molecule has 0 aliphatic carbocycles. The molecule has 1 aliphatic rings. The number of hydrogen-bond acceptors (Lipinski definition) is 4. The van der Waals surface area contributed by atoms with Crippen LogP contribution >= 0.6 is 0 Å². The maximum atomic E-state index is 5.77. The molecule has 1 N–H and O–H groups in total. The van der Waals surface area contributed by atoms with Crippen molar-refractivity contribution in [1.29, 1.82) is 0 Å². The van der Waals surface area contributed by atoms with Crippen LogP contribution < -0.4 is 19.5 Å². The second-order valence-corrected chi connectivity index (χ2v) is 3.83. The normalized spacial score (nSPS) is 22.5. The summed E-state index contributed by atoms with van der Waals surface area (Å²) < 4.78 is 16.4. The van der Waals surface area contributed by atoms with Crippen molar-refractivity contribution in [2.45, 2.75) is 19.1 Å². The summed E-state index contributed by atoms with van der Waals surface area (Å²) in [6.07, 6.45) is 0.0982. The van der Waals surface area contributed by atoms with E-state index in [2.05, 4.69) is 5.32 Å². The molecule has 0 saturated carbocycles. The van der Waals surface area contributed by atoms with E-state index in [1.165, 1.54) is 0 Å². The number of fused-ring (bicyclic) bond motifs is 1. The lowest BCUT2D eigenvalue weighted by molar-refractivity contribution is 0.213. The minimum atomic E-state index is 0.0982. The molecule has 0 saturated heterocycles. The minimum Gasteiger partial charge on any atom is -0.496 e. The zero-order valence-corrected chi connectivity index (χ0v) is 10.0. The van der Waals surface area contributed by atoms with E-state index in [9.17, 15) is 0 Å². The van der Waals surface area contributed by atoms with Crippen molar-refractivity contribution in [3.05, 3.63) is 17.7 Å². The quantitative estimate of drug-likeness (QED) is 0.847. The predicted octanol–water partition coefficient (Wildman–Crippen LogP) is 1.75. The summed E-state index contributed by atoms with van der Waals surface area (Å²) >= 11 is 0. The highest BCUT2D eigenvalue weighted by atomic mass is 16.5. The molecule has 4 heteroatoms. The number of benzene rings is 1. The maximum Gasteiger partial charge on any atom is 0.132 e. The van der Waals surface area contributed by atoms with Crippen LogP contribution in [0, 0.1) is 0 Å². The minimum absolute atomic E-state index is 0.0982. The topological polar surface area (TPSA) is 39.7 Å². The summed E-state index contributed by atoms with van der Waals surface area (Å²) in [5.74, 6) is 2.39. The SMILES string of the molecule is CNC1c2c(OC)cc(OC)cc2OC1C. The van der Waals surface area contributed by atoms with Crippen molar-refractivity contribution in [2.24, 2.45) is 0 Å². The number of likely N-dealkylation sites (N-methyl/N-ethyl adjacent to an activating group) is 1. The fraction of sp³-hybridized carbons (Fsp3) is 0.500. The number of ether oxygens (including phenoxy) is 3. The van der Waals surface area contributed by atoms with Gasteiger partial charge in [0.15, 0.2) is 0 Å². The van der Waals surface area contributed by atoms with Crippen molar-refractivity contribution in [2.75, 3.05) is 21.3 Å². The molecule has 2 atom stereocenters. The first kappa shape index (κ1) is 11.1. The molecular formula is C12H17NO3. The number of rotatable bonds is 3. The van der Waals surface area contributed by atoms with Gasteiger partial charge in [-0.2, -0.15) is 0 Å². The van der Waals surface area contributed by atoms with Gasteiger partial charge >= 0.3 is 0 Å². The van der Waals surface area contributed by atoms with Crippen LogP contribution in [0.4, 0.5) is 0 Å². The molecule has 0 fully saturated rings. The number of hydrogen-bond donors (Lipinski definition) is 1. The van der Waals surface area contributed by atoms with Crippen LogP contribution in [0.3, 0.4) is 0 Å². The molecule has 0 bridgehead atoms. The lowest BCUT2D eigenvalue weighted by Gasteiger charge is -2.15. The highest BCUT2D eigenvalue weighted by Gasteiger charge is 2.33. The van der Waals surface area contributed by atoms with Crippen molar-refractivity contribution in [1.82, 2.24) is 5.32 Å². The second kappa shape index (κ2) is 4.22. The van der Waals surface area contributed by atoms with Crippen molar-refractivity contribution >= 4 is 0 Å². The summed E-state index contributed by atoms with van der Waals surface area (Å²) in [5.41, 5.74) is 1.07. The maximum absolute atomic E-state index is 5.77. The molecule has 0 spiro atoms. The Bertz CT molecular complexity index is 392. The molecular weight excluding hydrogens is 206 g/mol. The van der Waals surface area contributed by atoms with E-state index in [1.807, 2.05) is 26.1 Å². The first-order valence-corrected chi connectivity index (χ1v) is 5.31.